The number of sulfonamides is 1. The molecule has 0 unspecified atom stereocenters. The van der Waals surface area contributed by atoms with Gasteiger partial charge >= 0.3 is 6.03 Å². The number of piperidine rings is 1. The number of ether oxygens (including phenoxy) is 1. The van der Waals surface area contributed by atoms with Gasteiger partial charge in [-0.2, -0.15) is 0 Å². The minimum atomic E-state index is -3.32. The number of nitrogens with one attached hydrogen (secondary N) is 2. The summed E-state index contributed by atoms with van der Waals surface area (Å²) in [7, 11) is -3.32. The fourth-order valence-electron chi connectivity index (χ4n) is 5.38. The molecule has 0 saturated carbocycles. The van der Waals surface area contributed by atoms with Gasteiger partial charge in [0.05, 0.1) is 11.8 Å². The molecular formula is C33H41Cl2N5O4S. The number of benzene rings is 3. The van der Waals surface area contributed by atoms with Gasteiger partial charge in [0.2, 0.25) is 10.0 Å². The molecule has 1 saturated heterocycles. The van der Waals surface area contributed by atoms with E-state index in [4.69, 9.17) is 4.74 Å². The Morgan fingerprint density at radius 3 is 2.24 bits per heavy atom. The van der Waals surface area contributed by atoms with Crippen molar-refractivity contribution in [3.05, 3.63) is 90.6 Å². The fourth-order valence-corrected chi connectivity index (χ4v) is 5.94. The molecule has 2 amide bonds. The molecule has 1 fully saturated rings. The smallest absolute Gasteiger partial charge is 0.322 e. The summed E-state index contributed by atoms with van der Waals surface area (Å²) in [5.74, 6) is 1.34. The lowest BCUT2D eigenvalue weighted by Gasteiger charge is -2.38. The Bertz CT molecular complexity index is 1630. The average Bonchev–Trinajstić information content (AvgIpc) is 2.99. The molecule has 0 aliphatic carbocycles. The van der Waals surface area contributed by atoms with Crippen molar-refractivity contribution in [3.8, 4) is 11.5 Å². The third-order valence-electron chi connectivity index (χ3n) is 7.59. The highest BCUT2D eigenvalue weighted by Crippen LogP contribution is 2.26. The number of unbranched alkanes of at least 4 members (excludes halogenated alkanes) is 1. The number of amides is 2. The van der Waals surface area contributed by atoms with E-state index in [9.17, 15) is 13.2 Å². The van der Waals surface area contributed by atoms with E-state index >= 15 is 0 Å². The summed E-state index contributed by atoms with van der Waals surface area (Å²) in [5.41, 5.74) is 3.39. The number of urea groups is 1. The molecule has 0 atom stereocenters. The highest BCUT2D eigenvalue weighted by molar-refractivity contribution is 7.92. The number of carbonyl (C=O) groups excluding carboxylic acids is 1. The summed E-state index contributed by atoms with van der Waals surface area (Å²) in [6, 6.07) is 24.8. The summed E-state index contributed by atoms with van der Waals surface area (Å²) in [6.07, 6.45) is 6.78. The van der Waals surface area contributed by atoms with Crippen LogP contribution in [0.15, 0.2) is 85.1 Å². The third kappa shape index (κ3) is 10.5. The summed E-state index contributed by atoms with van der Waals surface area (Å²) in [5, 5.41) is 4.14. The fraction of sp³-hybridized carbons (Fsp3) is 0.333. The predicted octanol–water partition coefficient (Wildman–Crippen LogP) is 7.54. The van der Waals surface area contributed by atoms with Crippen molar-refractivity contribution in [2.45, 2.75) is 45.2 Å². The Morgan fingerprint density at radius 1 is 0.956 bits per heavy atom. The zero-order valence-corrected chi connectivity index (χ0v) is 28.0. The molecule has 2 heterocycles. The number of halogens is 2. The lowest BCUT2D eigenvalue weighted by molar-refractivity contribution is 0.122. The third-order valence-corrected chi connectivity index (χ3v) is 8.19. The first kappa shape index (κ1) is 35.9. The van der Waals surface area contributed by atoms with Gasteiger partial charge in [0.1, 0.15) is 11.5 Å². The summed E-state index contributed by atoms with van der Waals surface area (Å²) < 4.78 is 31.2. The van der Waals surface area contributed by atoms with Gasteiger partial charge in [0.25, 0.3) is 0 Å². The number of aromatic nitrogens is 1. The van der Waals surface area contributed by atoms with Crippen LogP contribution in [0.1, 0.15) is 38.2 Å². The van der Waals surface area contributed by atoms with Crippen LogP contribution in [0.2, 0.25) is 0 Å². The Balaban J connectivity index is 0.00000276. The average molecular weight is 675 g/mol. The molecule has 0 bridgehead atoms. The number of carbonyl (C=O) groups is 1. The van der Waals surface area contributed by atoms with Gasteiger partial charge in [-0.05, 0) is 85.5 Å². The van der Waals surface area contributed by atoms with Gasteiger partial charge < -0.3 is 15.0 Å². The first-order valence-corrected chi connectivity index (χ1v) is 16.6. The highest BCUT2D eigenvalue weighted by Gasteiger charge is 2.28. The number of likely N-dealkylation sites (tertiary alicyclic amines) is 1. The molecule has 242 valence electrons. The molecule has 1 aromatic heterocycles. The van der Waals surface area contributed by atoms with Crippen molar-refractivity contribution >= 4 is 63.1 Å². The van der Waals surface area contributed by atoms with Crippen LogP contribution in [0.4, 0.5) is 16.2 Å². The molecule has 3 aromatic carbocycles. The SMILES string of the molecule is CCCCN(C(=O)Nc1ccc2ncccc2c1)C1CCN(Cc2ccc(Oc3ccc(NS(C)(=O)=O)cc3)cc2)CC1.Cl.Cl. The van der Waals surface area contributed by atoms with Crippen LogP contribution >= 0.6 is 24.8 Å². The molecule has 5 rings (SSSR count). The number of anilines is 2. The van der Waals surface area contributed by atoms with Gasteiger partial charge in [-0.15, -0.1) is 24.8 Å². The summed E-state index contributed by atoms with van der Waals surface area (Å²) in [6.45, 7) is 5.59. The van der Waals surface area contributed by atoms with Crippen LogP contribution in [-0.2, 0) is 16.6 Å². The van der Waals surface area contributed by atoms with E-state index in [1.165, 1.54) is 5.56 Å². The van der Waals surface area contributed by atoms with Gasteiger partial charge in [0.15, 0.2) is 0 Å². The number of hydrogen-bond donors (Lipinski definition) is 2. The van der Waals surface area contributed by atoms with Crippen LogP contribution in [0.3, 0.4) is 0 Å². The van der Waals surface area contributed by atoms with Crippen molar-refractivity contribution in [2.24, 2.45) is 0 Å². The maximum absolute atomic E-state index is 13.4. The second-order valence-electron chi connectivity index (χ2n) is 11.0. The largest absolute Gasteiger partial charge is 0.457 e. The molecule has 0 radical (unpaired) electrons. The quantitative estimate of drug-likeness (QED) is 0.170. The van der Waals surface area contributed by atoms with Crippen molar-refractivity contribution < 1.29 is 17.9 Å². The maximum atomic E-state index is 13.4. The van der Waals surface area contributed by atoms with E-state index in [1.807, 2.05) is 47.4 Å². The normalized spacial score (nSPS) is 13.7. The lowest BCUT2D eigenvalue weighted by atomic mass is 10.0. The topological polar surface area (TPSA) is 104 Å². The molecule has 9 nitrogen and oxygen atoms in total. The molecular weight excluding hydrogens is 633 g/mol. The Labute approximate surface area is 278 Å². The monoisotopic (exact) mass is 673 g/mol. The molecule has 0 spiro atoms. The second kappa shape index (κ2) is 16.7. The lowest BCUT2D eigenvalue weighted by Crippen LogP contribution is -2.49. The number of nitrogens with zero attached hydrogens (tertiary/aromatic N) is 3. The molecule has 1 aliphatic heterocycles. The van der Waals surface area contributed by atoms with Crippen LogP contribution in [0.25, 0.3) is 10.9 Å². The maximum Gasteiger partial charge on any atom is 0.322 e. The minimum absolute atomic E-state index is 0. The van der Waals surface area contributed by atoms with Crippen molar-refractivity contribution in [1.29, 1.82) is 0 Å². The van der Waals surface area contributed by atoms with Gasteiger partial charge in [0, 0.05) is 55.2 Å². The summed E-state index contributed by atoms with van der Waals surface area (Å²) >= 11 is 0. The molecule has 12 heteroatoms. The molecule has 2 N–H and O–H groups in total. The van der Waals surface area contributed by atoms with E-state index in [0.717, 1.165) is 74.7 Å². The summed E-state index contributed by atoms with van der Waals surface area (Å²) in [4.78, 5) is 22.2. The van der Waals surface area contributed by atoms with Gasteiger partial charge in [-0.1, -0.05) is 31.5 Å². The number of pyridine rings is 1. The zero-order chi connectivity index (χ0) is 30.2. The van der Waals surface area contributed by atoms with Crippen molar-refractivity contribution in [3.63, 3.8) is 0 Å². The van der Waals surface area contributed by atoms with Crippen LogP contribution in [0.5, 0.6) is 11.5 Å². The first-order valence-electron chi connectivity index (χ1n) is 14.7. The van der Waals surface area contributed by atoms with Gasteiger partial charge in [-0.25, -0.2) is 13.2 Å². The predicted molar refractivity (Wildman–Crippen MR) is 187 cm³/mol. The second-order valence-corrected chi connectivity index (χ2v) is 12.8. The van der Waals surface area contributed by atoms with E-state index in [0.29, 0.717) is 17.2 Å². The molecule has 1 aliphatic rings. The van der Waals surface area contributed by atoms with E-state index in [1.54, 1.807) is 30.5 Å². The Morgan fingerprint density at radius 2 is 1.60 bits per heavy atom. The molecule has 45 heavy (non-hydrogen) atoms. The van der Waals surface area contributed by atoms with E-state index < -0.39 is 10.0 Å². The van der Waals surface area contributed by atoms with Crippen LogP contribution < -0.4 is 14.8 Å². The van der Waals surface area contributed by atoms with Crippen LogP contribution in [-0.4, -0.2) is 61.2 Å². The number of rotatable bonds is 11. The minimum Gasteiger partial charge on any atom is -0.457 e. The Kier molecular flexibility index (Phi) is 13.3. The molecule has 4 aromatic rings. The van der Waals surface area contributed by atoms with Crippen molar-refractivity contribution in [2.75, 3.05) is 35.9 Å². The first-order chi connectivity index (χ1) is 20.8. The Hall–Kier alpha value is -3.57. The van der Waals surface area contributed by atoms with Crippen LogP contribution in [0, 0.1) is 0 Å². The standard InChI is InChI=1S/C33H39N5O4S.2ClH/c1-3-4-20-38(33(39)35-28-11-16-32-26(23-28)6-5-19-34-32)29-17-21-37(22-18-29)24-25-7-12-30(13-8-25)42-31-14-9-27(10-15-31)36-43(2,40)41;;/h5-16,19,23,29,36H,3-4,17-18,20-22,24H2,1-2H3,(H,35,39);2*1H. The van der Waals surface area contributed by atoms with E-state index in [-0.39, 0.29) is 36.9 Å². The highest BCUT2D eigenvalue weighted by atomic mass is 35.5. The van der Waals surface area contributed by atoms with Gasteiger partial charge in [-0.3, -0.25) is 14.6 Å². The van der Waals surface area contributed by atoms with Crippen molar-refractivity contribution in [1.82, 2.24) is 14.8 Å². The zero-order valence-electron chi connectivity index (χ0n) is 25.5. The number of fused-ring (bicyclic) bond motifs is 1. The number of hydrogen-bond acceptors (Lipinski definition) is 6. The van der Waals surface area contributed by atoms with E-state index in [2.05, 4.69) is 39.0 Å².